The van der Waals surface area contributed by atoms with Crippen LogP contribution in [0.2, 0.25) is 0 Å². The summed E-state index contributed by atoms with van der Waals surface area (Å²) in [5.74, 6) is 0.218. The van der Waals surface area contributed by atoms with Crippen molar-refractivity contribution in [2.75, 3.05) is 5.32 Å². The molecule has 0 saturated heterocycles. The van der Waals surface area contributed by atoms with E-state index in [-0.39, 0.29) is 11.4 Å². The summed E-state index contributed by atoms with van der Waals surface area (Å²) < 4.78 is 5.21. The molecule has 110 valence electrons. The Morgan fingerprint density at radius 2 is 2.18 bits per heavy atom. The van der Waals surface area contributed by atoms with Gasteiger partial charge in [-0.1, -0.05) is 0 Å². The summed E-state index contributed by atoms with van der Waals surface area (Å²) in [5, 5.41) is 12.2. The number of aromatic nitrogens is 3. The Balaban J connectivity index is 1.92. The molecular formula is C15H12N4O3. The van der Waals surface area contributed by atoms with Crippen molar-refractivity contribution in [3.63, 3.8) is 0 Å². The molecule has 0 aliphatic rings. The quantitative estimate of drug-likeness (QED) is 0.745. The van der Waals surface area contributed by atoms with Gasteiger partial charge < -0.3 is 14.8 Å². The lowest BCUT2D eigenvalue weighted by molar-refractivity contribution is 0.0697. The van der Waals surface area contributed by atoms with Crippen molar-refractivity contribution in [1.82, 2.24) is 15.0 Å². The minimum Gasteiger partial charge on any atom is -0.477 e. The van der Waals surface area contributed by atoms with Crippen LogP contribution in [0.1, 0.15) is 16.1 Å². The van der Waals surface area contributed by atoms with Gasteiger partial charge in [0.25, 0.3) is 0 Å². The lowest BCUT2D eigenvalue weighted by Gasteiger charge is -2.09. The molecule has 0 aromatic carbocycles. The molecule has 0 radical (unpaired) electrons. The summed E-state index contributed by atoms with van der Waals surface area (Å²) in [6, 6.07) is 7.12. The second-order valence-corrected chi connectivity index (χ2v) is 4.44. The topological polar surface area (TPSA) is 101 Å². The predicted octanol–water partition coefficient (Wildman–Crippen LogP) is 2.44. The number of furan rings is 1. The molecule has 0 saturated carbocycles. The van der Waals surface area contributed by atoms with Crippen molar-refractivity contribution in [2.45, 2.75) is 6.54 Å². The fraction of sp³-hybridized carbons (Fsp3) is 0.0667. The summed E-state index contributed by atoms with van der Waals surface area (Å²) in [7, 11) is 0. The van der Waals surface area contributed by atoms with Crippen LogP contribution < -0.4 is 5.32 Å². The summed E-state index contributed by atoms with van der Waals surface area (Å²) >= 11 is 0. The number of hydrogen-bond acceptors (Lipinski definition) is 6. The monoisotopic (exact) mass is 296 g/mol. The molecule has 3 aromatic heterocycles. The SMILES string of the molecule is O=C(O)c1cnc(-c2cccnc2)nc1NCc1ccco1. The predicted molar refractivity (Wildman–Crippen MR) is 78.3 cm³/mol. The number of nitrogens with zero attached hydrogens (tertiary/aromatic N) is 3. The van der Waals surface area contributed by atoms with Crippen LogP contribution in [0.15, 0.2) is 53.5 Å². The van der Waals surface area contributed by atoms with Crippen LogP contribution in [0.5, 0.6) is 0 Å². The number of pyridine rings is 1. The first kappa shape index (κ1) is 13.7. The van der Waals surface area contributed by atoms with Crippen LogP contribution >= 0.6 is 0 Å². The van der Waals surface area contributed by atoms with Gasteiger partial charge in [0.05, 0.1) is 12.8 Å². The highest BCUT2D eigenvalue weighted by atomic mass is 16.4. The van der Waals surface area contributed by atoms with E-state index >= 15 is 0 Å². The zero-order valence-electron chi connectivity index (χ0n) is 11.4. The maximum atomic E-state index is 11.3. The van der Waals surface area contributed by atoms with Crippen molar-refractivity contribution in [2.24, 2.45) is 0 Å². The minimum atomic E-state index is -1.10. The smallest absolute Gasteiger partial charge is 0.341 e. The summed E-state index contributed by atoms with van der Waals surface area (Å²) in [6.45, 7) is 0.330. The number of nitrogens with one attached hydrogen (secondary N) is 1. The van der Waals surface area contributed by atoms with Crippen LogP contribution in [0.3, 0.4) is 0 Å². The second-order valence-electron chi connectivity index (χ2n) is 4.44. The Bertz CT molecular complexity index is 773. The van der Waals surface area contributed by atoms with Crippen molar-refractivity contribution in [3.8, 4) is 11.4 Å². The summed E-state index contributed by atoms with van der Waals surface area (Å²) in [5.41, 5.74) is 0.708. The van der Waals surface area contributed by atoms with Gasteiger partial charge in [-0.05, 0) is 24.3 Å². The van der Waals surface area contributed by atoms with Gasteiger partial charge in [-0.15, -0.1) is 0 Å². The molecule has 3 rings (SSSR count). The average Bonchev–Trinajstić information content (AvgIpc) is 3.07. The highest BCUT2D eigenvalue weighted by Crippen LogP contribution is 2.19. The van der Waals surface area contributed by atoms with Gasteiger partial charge >= 0.3 is 5.97 Å². The van der Waals surface area contributed by atoms with Crippen molar-refractivity contribution in [3.05, 3.63) is 60.4 Å². The molecule has 7 heteroatoms. The molecule has 22 heavy (non-hydrogen) atoms. The van der Waals surface area contributed by atoms with Crippen molar-refractivity contribution >= 4 is 11.8 Å². The number of rotatable bonds is 5. The molecule has 0 aliphatic heterocycles. The molecule has 0 amide bonds. The number of hydrogen-bond donors (Lipinski definition) is 2. The van der Waals surface area contributed by atoms with Gasteiger partial charge in [-0.2, -0.15) is 0 Å². The van der Waals surface area contributed by atoms with Crippen LogP contribution in [-0.2, 0) is 6.54 Å². The molecule has 0 aliphatic carbocycles. The van der Waals surface area contributed by atoms with Gasteiger partial charge in [0.1, 0.15) is 17.1 Å². The van der Waals surface area contributed by atoms with Crippen LogP contribution in [0.25, 0.3) is 11.4 Å². The molecule has 0 fully saturated rings. The fourth-order valence-electron chi connectivity index (χ4n) is 1.89. The second kappa shape index (κ2) is 6.04. The van der Waals surface area contributed by atoms with Gasteiger partial charge in [0, 0.05) is 24.2 Å². The molecule has 0 bridgehead atoms. The lowest BCUT2D eigenvalue weighted by Crippen LogP contribution is -2.10. The largest absolute Gasteiger partial charge is 0.477 e. The number of anilines is 1. The Hall–Kier alpha value is -3.22. The van der Waals surface area contributed by atoms with Crippen LogP contribution in [0.4, 0.5) is 5.82 Å². The van der Waals surface area contributed by atoms with Gasteiger partial charge in [0.15, 0.2) is 5.82 Å². The number of aromatic carboxylic acids is 1. The first-order valence-electron chi connectivity index (χ1n) is 6.51. The Kier molecular flexibility index (Phi) is 3.78. The highest BCUT2D eigenvalue weighted by Gasteiger charge is 2.14. The first-order valence-corrected chi connectivity index (χ1v) is 6.51. The molecule has 0 atom stereocenters. The third-order valence-corrected chi connectivity index (χ3v) is 2.95. The van der Waals surface area contributed by atoms with Gasteiger partial charge in [-0.25, -0.2) is 14.8 Å². The third-order valence-electron chi connectivity index (χ3n) is 2.95. The van der Waals surface area contributed by atoms with Gasteiger partial charge in [0.2, 0.25) is 0 Å². The average molecular weight is 296 g/mol. The highest BCUT2D eigenvalue weighted by molar-refractivity contribution is 5.93. The molecule has 3 heterocycles. The zero-order chi connectivity index (χ0) is 15.4. The molecule has 2 N–H and O–H groups in total. The Labute approximate surface area is 125 Å². The van der Waals surface area contributed by atoms with E-state index in [1.165, 1.54) is 6.20 Å². The Morgan fingerprint density at radius 3 is 2.86 bits per heavy atom. The molecule has 0 unspecified atom stereocenters. The lowest BCUT2D eigenvalue weighted by atomic mass is 10.2. The summed E-state index contributed by atoms with van der Waals surface area (Å²) in [4.78, 5) is 23.6. The normalized spacial score (nSPS) is 10.4. The van der Waals surface area contributed by atoms with E-state index in [1.54, 1.807) is 42.9 Å². The molecule has 3 aromatic rings. The fourth-order valence-corrected chi connectivity index (χ4v) is 1.89. The minimum absolute atomic E-state index is 0.000744. The molecule has 7 nitrogen and oxygen atoms in total. The van der Waals surface area contributed by atoms with E-state index in [0.29, 0.717) is 23.7 Å². The molecule has 0 spiro atoms. The van der Waals surface area contributed by atoms with Crippen LogP contribution in [-0.4, -0.2) is 26.0 Å². The van der Waals surface area contributed by atoms with E-state index in [9.17, 15) is 9.90 Å². The Morgan fingerprint density at radius 1 is 1.27 bits per heavy atom. The zero-order valence-corrected chi connectivity index (χ0v) is 11.4. The number of carboxylic acid groups (broad SMARTS) is 1. The van der Waals surface area contributed by atoms with Crippen LogP contribution in [0, 0.1) is 0 Å². The number of carboxylic acids is 1. The first-order chi connectivity index (χ1) is 10.7. The number of carbonyl (C=O) groups is 1. The molecular weight excluding hydrogens is 284 g/mol. The van der Waals surface area contributed by atoms with E-state index in [4.69, 9.17) is 4.42 Å². The van der Waals surface area contributed by atoms with E-state index < -0.39 is 5.97 Å². The van der Waals surface area contributed by atoms with Gasteiger partial charge in [-0.3, -0.25) is 4.98 Å². The maximum Gasteiger partial charge on any atom is 0.341 e. The van der Waals surface area contributed by atoms with Crippen molar-refractivity contribution in [1.29, 1.82) is 0 Å². The van der Waals surface area contributed by atoms with E-state index in [2.05, 4.69) is 20.3 Å². The standard InChI is InChI=1S/C15H12N4O3/c20-15(21)12-9-18-13(10-3-1-5-16-7-10)19-14(12)17-8-11-4-2-6-22-11/h1-7,9H,8H2,(H,20,21)(H,17,18,19). The van der Waals surface area contributed by atoms with E-state index in [0.717, 1.165) is 0 Å². The maximum absolute atomic E-state index is 11.3. The van der Waals surface area contributed by atoms with E-state index in [1.807, 2.05) is 0 Å². The third kappa shape index (κ3) is 2.93. The van der Waals surface area contributed by atoms with Crippen molar-refractivity contribution < 1.29 is 14.3 Å². The summed E-state index contributed by atoms with van der Waals surface area (Å²) in [6.07, 6.45) is 6.09.